The van der Waals surface area contributed by atoms with Gasteiger partial charge in [0.05, 0.1) is 0 Å². The topological polar surface area (TPSA) is 0 Å². The lowest BCUT2D eigenvalue weighted by Gasteiger charge is -2.13. The lowest BCUT2D eigenvalue weighted by atomic mass is 9.90. The van der Waals surface area contributed by atoms with Gasteiger partial charge in [0.25, 0.3) is 0 Å². The molecule has 8 aromatic carbocycles. The number of benzene rings is 8. The SMILES string of the molecule is c1ccc2c3c(ccc2c1)C(=C1c2ccc4ccccc4c2-c2c1ccc1ccccc21)c1ccc2ccccc2c1-3. The fourth-order valence-corrected chi connectivity index (χ4v) is 7.83. The third-order valence-corrected chi connectivity index (χ3v) is 9.54. The van der Waals surface area contributed by atoms with Gasteiger partial charge >= 0.3 is 0 Å². The van der Waals surface area contributed by atoms with Gasteiger partial charge in [0.2, 0.25) is 0 Å². The molecular formula is C42H24. The lowest BCUT2D eigenvalue weighted by molar-refractivity contribution is 1.65. The van der Waals surface area contributed by atoms with Gasteiger partial charge in [0.1, 0.15) is 0 Å². The summed E-state index contributed by atoms with van der Waals surface area (Å²) in [5.74, 6) is 0. The predicted molar refractivity (Wildman–Crippen MR) is 179 cm³/mol. The standard InChI is InChI=1S/C42H24/c1-5-13-29-25(9-1)17-21-33-37(29)38-30-14-6-2-10-26(30)18-22-34(38)41(33)42-35-23-19-27-11-3-7-15-31(27)39(35)40-32-16-8-4-12-28(32)20-24-36(40)42/h1-24H. The van der Waals surface area contributed by atoms with E-state index >= 15 is 0 Å². The van der Waals surface area contributed by atoms with Crippen molar-refractivity contribution in [3.63, 3.8) is 0 Å². The Bertz CT molecular complexity index is 2160. The molecule has 0 fully saturated rings. The minimum absolute atomic E-state index is 1.28. The average Bonchev–Trinajstić information content (AvgIpc) is 3.58. The maximum atomic E-state index is 2.37. The molecule has 0 heterocycles. The highest BCUT2D eigenvalue weighted by atomic mass is 14.4. The molecule has 0 bridgehead atoms. The summed E-state index contributed by atoms with van der Waals surface area (Å²) in [6, 6.07) is 54.1. The second-order valence-corrected chi connectivity index (χ2v) is 11.6. The van der Waals surface area contributed by atoms with Crippen molar-refractivity contribution < 1.29 is 0 Å². The van der Waals surface area contributed by atoms with Gasteiger partial charge in [-0.1, -0.05) is 146 Å². The smallest absolute Gasteiger partial charge is 0.00134 e. The molecule has 0 aromatic heterocycles. The van der Waals surface area contributed by atoms with E-state index in [-0.39, 0.29) is 0 Å². The molecule has 8 aromatic rings. The first kappa shape index (κ1) is 22.3. The molecule has 0 amide bonds. The molecule has 0 atom stereocenters. The third-order valence-electron chi connectivity index (χ3n) is 9.54. The van der Waals surface area contributed by atoms with E-state index in [9.17, 15) is 0 Å². The van der Waals surface area contributed by atoms with Gasteiger partial charge in [-0.25, -0.2) is 0 Å². The molecule has 0 spiro atoms. The molecule has 0 saturated carbocycles. The zero-order chi connectivity index (χ0) is 27.4. The highest BCUT2D eigenvalue weighted by molar-refractivity contribution is 6.28. The highest BCUT2D eigenvalue weighted by Crippen LogP contribution is 2.58. The van der Waals surface area contributed by atoms with Gasteiger partial charge in [-0.05, 0) is 98.7 Å². The molecule has 42 heavy (non-hydrogen) atoms. The first-order chi connectivity index (χ1) is 20.9. The first-order valence-corrected chi connectivity index (χ1v) is 14.7. The highest BCUT2D eigenvalue weighted by Gasteiger charge is 2.35. The maximum Gasteiger partial charge on any atom is -0.00134 e. The van der Waals surface area contributed by atoms with Crippen LogP contribution in [0.2, 0.25) is 0 Å². The van der Waals surface area contributed by atoms with Crippen LogP contribution in [0.25, 0.3) is 76.5 Å². The summed E-state index contributed by atoms with van der Waals surface area (Å²) in [4.78, 5) is 0. The third kappa shape index (κ3) is 2.77. The van der Waals surface area contributed by atoms with Crippen molar-refractivity contribution in [2.75, 3.05) is 0 Å². The first-order valence-electron chi connectivity index (χ1n) is 14.7. The largest absolute Gasteiger partial charge is 0.0616 e. The van der Waals surface area contributed by atoms with Crippen LogP contribution in [0.15, 0.2) is 146 Å². The van der Waals surface area contributed by atoms with Crippen molar-refractivity contribution in [1.29, 1.82) is 0 Å². The van der Waals surface area contributed by atoms with Crippen LogP contribution in [-0.2, 0) is 0 Å². The molecule has 0 radical (unpaired) electrons. The normalized spacial score (nSPS) is 13.1. The monoisotopic (exact) mass is 528 g/mol. The van der Waals surface area contributed by atoms with Crippen LogP contribution in [0, 0.1) is 0 Å². The summed E-state index contributed by atoms with van der Waals surface area (Å²) in [6.07, 6.45) is 0. The van der Waals surface area contributed by atoms with E-state index in [1.54, 1.807) is 0 Å². The van der Waals surface area contributed by atoms with Crippen LogP contribution in [0.4, 0.5) is 0 Å². The average molecular weight is 529 g/mol. The van der Waals surface area contributed by atoms with Crippen molar-refractivity contribution in [2.45, 2.75) is 0 Å². The Kier molecular flexibility index (Phi) is 4.27. The number of hydrogen-bond acceptors (Lipinski definition) is 0. The van der Waals surface area contributed by atoms with Crippen LogP contribution >= 0.6 is 0 Å². The molecule has 192 valence electrons. The Morgan fingerprint density at radius 3 is 0.714 bits per heavy atom. The Hall–Kier alpha value is -5.46. The molecule has 0 N–H and O–H groups in total. The zero-order valence-corrected chi connectivity index (χ0v) is 22.9. The van der Waals surface area contributed by atoms with Gasteiger partial charge in [-0.2, -0.15) is 0 Å². The number of hydrogen-bond donors (Lipinski definition) is 0. The van der Waals surface area contributed by atoms with Crippen LogP contribution in [-0.4, -0.2) is 0 Å². The van der Waals surface area contributed by atoms with Crippen LogP contribution in [0.3, 0.4) is 0 Å². The summed E-state index contributed by atoms with van der Waals surface area (Å²) in [6.45, 7) is 0. The second-order valence-electron chi connectivity index (χ2n) is 11.6. The van der Waals surface area contributed by atoms with Gasteiger partial charge in [-0.3, -0.25) is 0 Å². The Morgan fingerprint density at radius 2 is 0.452 bits per heavy atom. The molecule has 0 aliphatic heterocycles. The van der Waals surface area contributed by atoms with E-state index in [1.165, 1.54) is 98.7 Å². The van der Waals surface area contributed by atoms with Crippen molar-refractivity contribution in [1.82, 2.24) is 0 Å². The van der Waals surface area contributed by atoms with E-state index in [4.69, 9.17) is 0 Å². The molecule has 0 saturated heterocycles. The lowest BCUT2D eigenvalue weighted by Crippen LogP contribution is -1.91. The minimum Gasteiger partial charge on any atom is -0.0616 e. The summed E-state index contributed by atoms with van der Waals surface area (Å²) >= 11 is 0. The molecule has 10 rings (SSSR count). The summed E-state index contributed by atoms with van der Waals surface area (Å²) in [5.41, 5.74) is 13.5. The van der Waals surface area contributed by atoms with Crippen LogP contribution in [0.5, 0.6) is 0 Å². The molecular weight excluding hydrogens is 504 g/mol. The zero-order valence-electron chi connectivity index (χ0n) is 22.9. The predicted octanol–water partition coefficient (Wildman–Crippen LogP) is 11.3. The quantitative estimate of drug-likeness (QED) is 0.184. The van der Waals surface area contributed by atoms with Gasteiger partial charge in [0.15, 0.2) is 0 Å². The van der Waals surface area contributed by atoms with Gasteiger partial charge in [0, 0.05) is 0 Å². The van der Waals surface area contributed by atoms with Crippen molar-refractivity contribution in [2.24, 2.45) is 0 Å². The van der Waals surface area contributed by atoms with E-state index in [0.29, 0.717) is 0 Å². The molecule has 2 aliphatic rings. The molecule has 0 nitrogen and oxygen atoms in total. The minimum atomic E-state index is 1.28. The van der Waals surface area contributed by atoms with Crippen molar-refractivity contribution in [3.8, 4) is 22.3 Å². The summed E-state index contributed by atoms with van der Waals surface area (Å²) < 4.78 is 0. The molecule has 2 aliphatic carbocycles. The fourth-order valence-electron chi connectivity index (χ4n) is 7.83. The Morgan fingerprint density at radius 1 is 0.214 bits per heavy atom. The van der Waals surface area contributed by atoms with E-state index in [2.05, 4.69) is 146 Å². The van der Waals surface area contributed by atoms with Crippen molar-refractivity contribution in [3.05, 3.63) is 168 Å². The number of rotatable bonds is 0. The van der Waals surface area contributed by atoms with Gasteiger partial charge < -0.3 is 0 Å². The Balaban J connectivity index is 1.46. The number of fused-ring (bicyclic) bond motifs is 14. The second kappa shape index (κ2) is 8.06. The van der Waals surface area contributed by atoms with E-state index in [1.807, 2.05) is 0 Å². The molecule has 0 heteroatoms. The summed E-state index contributed by atoms with van der Waals surface area (Å²) in [7, 11) is 0. The summed E-state index contributed by atoms with van der Waals surface area (Å²) in [5, 5.41) is 10.4. The van der Waals surface area contributed by atoms with Gasteiger partial charge in [-0.15, -0.1) is 0 Å². The van der Waals surface area contributed by atoms with E-state index in [0.717, 1.165) is 0 Å². The van der Waals surface area contributed by atoms with Crippen LogP contribution in [0.1, 0.15) is 22.3 Å². The fraction of sp³-hybridized carbons (Fsp3) is 0. The molecule has 0 unspecified atom stereocenters. The maximum absolute atomic E-state index is 2.37. The van der Waals surface area contributed by atoms with Crippen LogP contribution < -0.4 is 0 Å². The van der Waals surface area contributed by atoms with E-state index < -0.39 is 0 Å². The van der Waals surface area contributed by atoms with Crippen molar-refractivity contribution >= 4 is 54.2 Å². The Labute approximate surface area is 243 Å².